The quantitative estimate of drug-likeness (QED) is 0.466. The summed E-state index contributed by atoms with van der Waals surface area (Å²) in [7, 11) is 0. The first-order valence-corrected chi connectivity index (χ1v) is 10.8. The second-order valence-corrected chi connectivity index (χ2v) is 8.43. The maximum absolute atomic E-state index is 13.0. The molecular weight excluding hydrogens is 480 g/mol. The Balaban J connectivity index is 1.54. The highest BCUT2D eigenvalue weighted by atomic mass is 35.5. The number of aryl methyl sites for hydroxylation is 1. The molecule has 0 saturated carbocycles. The minimum Gasteiger partial charge on any atom is -0.314 e. The molecule has 0 bridgehead atoms. The number of urea groups is 1. The fourth-order valence-electron chi connectivity index (χ4n) is 3.76. The molecule has 4 rings (SSSR count). The number of amides is 2. The number of carbonyl (C=O) groups is 1. The molecule has 1 aliphatic heterocycles. The molecule has 7 nitrogen and oxygen atoms in total. The van der Waals surface area contributed by atoms with Gasteiger partial charge in [0.25, 0.3) is 0 Å². The van der Waals surface area contributed by atoms with E-state index in [0.717, 1.165) is 24.1 Å². The van der Waals surface area contributed by atoms with Gasteiger partial charge in [0, 0.05) is 11.6 Å². The monoisotopic (exact) mass is 498 g/mol. The van der Waals surface area contributed by atoms with Crippen LogP contribution in [0.4, 0.5) is 23.7 Å². The fraction of sp³-hybridized carbons (Fsp3) is 0.333. The van der Waals surface area contributed by atoms with Crippen LogP contribution in [0.3, 0.4) is 0 Å². The van der Waals surface area contributed by atoms with Crippen LogP contribution >= 0.6 is 23.2 Å². The molecule has 1 atom stereocenters. The fourth-order valence-corrected chi connectivity index (χ4v) is 4.09. The van der Waals surface area contributed by atoms with Crippen LogP contribution in [-0.4, -0.2) is 37.2 Å². The first-order chi connectivity index (χ1) is 15.6. The summed E-state index contributed by atoms with van der Waals surface area (Å²) in [6.07, 6.45) is -3.21. The largest absolute Gasteiger partial charge is 0.433 e. The zero-order valence-electron chi connectivity index (χ0n) is 17.4. The molecule has 1 saturated heterocycles. The molecule has 0 spiro atoms. The van der Waals surface area contributed by atoms with Gasteiger partial charge in [-0.05, 0) is 49.6 Å². The van der Waals surface area contributed by atoms with Crippen molar-refractivity contribution in [1.29, 1.82) is 0 Å². The van der Waals surface area contributed by atoms with Crippen molar-refractivity contribution < 1.29 is 18.0 Å². The summed E-state index contributed by atoms with van der Waals surface area (Å²) in [5.74, 6) is 1.33. The third-order valence-corrected chi connectivity index (χ3v) is 5.95. The van der Waals surface area contributed by atoms with Gasteiger partial charge < -0.3 is 14.8 Å². The van der Waals surface area contributed by atoms with Crippen LogP contribution in [0.15, 0.2) is 36.4 Å². The van der Waals surface area contributed by atoms with Gasteiger partial charge >= 0.3 is 12.2 Å². The molecule has 2 amide bonds. The average molecular weight is 499 g/mol. The molecule has 1 aromatic carbocycles. The lowest BCUT2D eigenvalue weighted by molar-refractivity contribution is -0.141. The van der Waals surface area contributed by atoms with Crippen molar-refractivity contribution in [3.63, 3.8) is 0 Å². The lowest BCUT2D eigenvalue weighted by Gasteiger charge is -2.25. The van der Waals surface area contributed by atoms with Gasteiger partial charge in [0.05, 0.1) is 18.3 Å². The summed E-state index contributed by atoms with van der Waals surface area (Å²) in [5.41, 5.74) is -0.130. The van der Waals surface area contributed by atoms with Gasteiger partial charge in [-0.25, -0.2) is 9.78 Å². The van der Waals surface area contributed by atoms with E-state index in [4.69, 9.17) is 23.2 Å². The van der Waals surface area contributed by atoms with Crippen molar-refractivity contribution in [2.75, 3.05) is 11.9 Å². The van der Waals surface area contributed by atoms with E-state index >= 15 is 0 Å². The SMILES string of the molecule is Cc1nnc([C@H]2CCCN2C(=O)Nc2ccc(C(F)(F)F)nc2Cl)n1Cc1ccc(Cl)cc1. The number of nitrogens with zero attached hydrogens (tertiary/aromatic N) is 5. The third-order valence-electron chi connectivity index (χ3n) is 5.41. The van der Waals surface area contributed by atoms with Gasteiger partial charge in [-0.15, -0.1) is 10.2 Å². The molecule has 3 heterocycles. The highest BCUT2D eigenvalue weighted by molar-refractivity contribution is 6.32. The molecule has 1 N–H and O–H groups in total. The smallest absolute Gasteiger partial charge is 0.314 e. The van der Waals surface area contributed by atoms with E-state index in [1.165, 1.54) is 0 Å². The first kappa shape index (κ1) is 23.3. The number of hydrogen-bond acceptors (Lipinski definition) is 4. The van der Waals surface area contributed by atoms with Crippen LogP contribution < -0.4 is 5.32 Å². The van der Waals surface area contributed by atoms with E-state index in [9.17, 15) is 18.0 Å². The van der Waals surface area contributed by atoms with Crippen molar-refractivity contribution in [2.24, 2.45) is 0 Å². The molecule has 1 aliphatic rings. The Bertz CT molecular complexity index is 1170. The number of halogens is 5. The van der Waals surface area contributed by atoms with Crippen molar-refractivity contribution >= 4 is 34.9 Å². The summed E-state index contributed by atoms with van der Waals surface area (Å²) in [4.78, 5) is 17.9. The number of nitrogens with one attached hydrogen (secondary N) is 1. The minimum atomic E-state index is -4.63. The van der Waals surface area contributed by atoms with Crippen LogP contribution in [0.1, 0.15) is 41.8 Å². The normalized spacial score (nSPS) is 16.3. The van der Waals surface area contributed by atoms with Crippen LogP contribution in [0.5, 0.6) is 0 Å². The van der Waals surface area contributed by atoms with Gasteiger partial charge in [-0.1, -0.05) is 35.3 Å². The topological polar surface area (TPSA) is 75.9 Å². The van der Waals surface area contributed by atoms with Crippen molar-refractivity contribution in [3.8, 4) is 0 Å². The number of pyridine rings is 1. The third kappa shape index (κ3) is 5.06. The minimum absolute atomic E-state index is 0.000807. The van der Waals surface area contributed by atoms with E-state index in [2.05, 4.69) is 20.5 Å². The average Bonchev–Trinajstić information content (AvgIpc) is 3.37. The van der Waals surface area contributed by atoms with Crippen LogP contribution in [0.2, 0.25) is 10.2 Å². The lowest BCUT2D eigenvalue weighted by Crippen LogP contribution is -2.35. The van der Waals surface area contributed by atoms with Crippen LogP contribution in [-0.2, 0) is 12.7 Å². The molecule has 33 heavy (non-hydrogen) atoms. The molecule has 2 aromatic heterocycles. The Hall–Kier alpha value is -2.85. The van der Waals surface area contributed by atoms with E-state index < -0.39 is 23.1 Å². The molecule has 174 valence electrons. The summed E-state index contributed by atoms with van der Waals surface area (Å²) < 4.78 is 40.4. The van der Waals surface area contributed by atoms with Gasteiger partial charge in [-0.2, -0.15) is 13.2 Å². The second kappa shape index (κ2) is 9.18. The Morgan fingerprint density at radius 2 is 1.88 bits per heavy atom. The number of carbonyl (C=O) groups excluding carboxylic acids is 1. The molecule has 0 radical (unpaired) electrons. The lowest BCUT2D eigenvalue weighted by atomic mass is 10.2. The standard InChI is InChI=1S/C21H19Cl2F3N6O/c1-12-29-30-19(32(12)11-13-4-6-14(22)7-5-13)16-3-2-10-31(16)20(33)27-15-8-9-17(21(24,25)26)28-18(15)23/h4-9,16H,2-3,10-11H2,1H3,(H,27,33)/t16-/m1/s1. The van der Waals surface area contributed by atoms with Gasteiger partial charge in [0.1, 0.15) is 11.5 Å². The zero-order chi connectivity index (χ0) is 23.8. The zero-order valence-corrected chi connectivity index (χ0v) is 18.9. The van der Waals surface area contributed by atoms with E-state index in [1.807, 2.05) is 23.6 Å². The van der Waals surface area contributed by atoms with Crippen molar-refractivity contribution in [1.82, 2.24) is 24.6 Å². The van der Waals surface area contributed by atoms with E-state index in [1.54, 1.807) is 17.0 Å². The molecule has 0 aliphatic carbocycles. The number of rotatable bonds is 4. The Morgan fingerprint density at radius 1 is 1.15 bits per heavy atom. The number of hydrogen-bond donors (Lipinski definition) is 1. The van der Waals surface area contributed by atoms with Crippen LogP contribution in [0.25, 0.3) is 0 Å². The highest BCUT2D eigenvalue weighted by Crippen LogP contribution is 2.34. The van der Waals surface area contributed by atoms with Crippen molar-refractivity contribution in [2.45, 2.75) is 38.5 Å². The maximum Gasteiger partial charge on any atom is 0.433 e. The van der Waals surface area contributed by atoms with Crippen molar-refractivity contribution in [3.05, 3.63) is 69.5 Å². The highest BCUT2D eigenvalue weighted by Gasteiger charge is 2.35. The van der Waals surface area contributed by atoms with Gasteiger partial charge in [0.15, 0.2) is 11.0 Å². The predicted molar refractivity (Wildman–Crippen MR) is 117 cm³/mol. The molecule has 12 heteroatoms. The Kier molecular flexibility index (Phi) is 6.49. The summed E-state index contributed by atoms with van der Waals surface area (Å²) in [6.45, 7) is 2.79. The Labute approximate surface area is 197 Å². The maximum atomic E-state index is 13.0. The predicted octanol–water partition coefficient (Wildman–Crippen LogP) is 5.72. The molecule has 1 fully saturated rings. The first-order valence-electron chi connectivity index (χ1n) is 10.1. The van der Waals surface area contributed by atoms with Gasteiger partial charge in [0.2, 0.25) is 0 Å². The number of benzene rings is 1. The Morgan fingerprint density at radius 3 is 2.55 bits per heavy atom. The number of alkyl halides is 3. The number of aromatic nitrogens is 4. The van der Waals surface area contributed by atoms with Crippen LogP contribution in [0, 0.1) is 6.92 Å². The molecule has 0 unspecified atom stereocenters. The number of anilines is 1. The summed E-state index contributed by atoms with van der Waals surface area (Å²) in [6, 6.07) is 8.43. The van der Waals surface area contributed by atoms with Gasteiger partial charge in [-0.3, -0.25) is 0 Å². The summed E-state index contributed by atoms with van der Waals surface area (Å²) in [5, 5.41) is 11.3. The van der Waals surface area contributed by atoms with E-state index in [-0.39, 0.29) is 11.7 Å². The second-order valence-electron chi connectivity index (χ2n) is 7.63. The molecule has 3 aromatic rings. The van der Waals surface area contributed by atoms with E-state index in [0.29, 0.717) is 36.2 Å². The summed E-state index contributed by atoms with van der Waals surface area (Å²) >= 11 is 11.9. The molecular formula is C21H19Cl2F3N6O. The number of likely N-dealkylation sites (tertiary alicyclic amines) is 1.